The fourth-order valence-electron chi connectivity index (χ4n) is 2.34. The number of fused-ring (bicyclic) bond motifs is 1. The molecule has 1 aliphatic carbocycles. The third-order valence-corrected chi connectivity index (χ3v) is 3.74. The van der Waals surface area contributed by atoms with Crippen molar-refractivity contribution in [3.05, 3.63) is 78.2 Å². The Kier molecular flexibility index (Phi) is 10.3. The summed E-state index contributed by atoms with van der Waals surface area (Å²) < 4.78 is 1.88. The van der Waals surface area contributed by atoms with Crippen LogP contribution in [0.25, 0.3) is 16.5 Å². The minimum absolute atomic E-state index is 0. The van der Waals surface area contributed by atoms with E-state index in [0.29, 0.717) is 0 Å². The van der Waals surface area contributed by atoms with Gasteiger partial charge in [-0.15, -0.1) is 54.4 Å². The van der Waals surface area contributed by atoms with Gasteiger partial charge in [0, 0.05) is 12.4 Å². The van der Waals surface area contributed by atoms with Gasteiger partial charge in [-0.25, -0.2) is 11.1 Å². The molecular formula is C19H18Cl2N2Zr. The van der Waals surface area contributed by atoms with Gasteiger partial charge in [0.2, 0.25) is 0 Å². The van der Waals surface area contributed by atoms with E-state index in [9.17, 15) is 0 Å². The van der Waals surface area contributed by atoms with Crippen molar-refractivity contribution in [2.45, 2.75) is 20.3 Å². The normalized spacial score (nSPS) is 11.9. The predicted molar refractivity (Wildman–Crippen MR) is 87.5 cm³/mol. The number of benzene rings is 1. The summed E-state index contributed by atoms with van der Waals surface area (Å²) in [7, 11) is 0. The molecule has 2 nitrogen and oxygen atoms in total. The molecule has 0 spiro atoms. The van der Waals surface area contributed by atoms with Crippen molar-refractivity contribution in [2.75, 3.05) is 0 Å². The van der Waals surface area contributed by atoms with E-state index in [0.717, 1.165) is 12.1 Å². The summed E-state index contributed by atoms with van der Waals surface area (Å²) in [5.74, 6) is 0. The summed E-state index contributed by atoms with van der Waals surface area (Å²) in [4.78, 5) is 0. The molecule has 24 heavy (non-hydrogen) atoms. The Labute approximate surface area is 174 Å². The second-order valence-corrected chi connectivity index (χ2v) is 5.19. The molecule has 1 aliphatic rings. The third kappa shape index (κ3) is 5.51. The second-order valence-electron chi connectivity index (χ2n) is 5.19. The topological polar surface area (TPSA) is 17.8 Å². The van der Waals surface area contributed by atoms with Crippen LogP contribution in [-0.2, 0) is 26.2 Å². The average Bonchev–Trinajstić information content (AvgIpc) is 3.21. The monoisotopic (exact) mass is 434 g/mol. The van der Waals surface area contributed by atoms with Crippen LogP contribution in [0.3, 0.4) is 0 Å². The van der Waals surface area contributed by atoms with E-state index < -0.39 is 0 Å². The van der Waals surface area contributed by atoms with Crippen LogP contribution in [0.1, 0.15) is 20.3 Å². The van der Waals surface area contributed by atoms with Gasteiger partial charge in [0.25, 0.3) is 0 Å². The van der Waals surface area contributed by atoms with E-state index in [4.69, 9.17) is 0 Å². The van der Waals surface area contributed by atoms with Crippen molar-refractivity contribution in [1.82, 2.24) is 9.78 Å². The van der Waals surface area contributed by atoms with Gasteiger partial charge in [-0.3, -0.25) is 10.8 Å². The van der Waals surface area contributed by atoms with Crippen molar-refractivity contribution in [2.24, 2.45) is 0 Å². The van der Waals surface area contributed by atoms with E-state index >= 15 is 0 Å². The van der Waals surface area contributed by atoms with Gasteiger partial charge in [-0.1, -0.05) is 13.0 Å². The van der Waals surface area contributed by atoms with Gasteiger partial charge in [-0.05, 0) is 11.8 Å². The quantitative estimate of drug-likeness (QED) is 0.440. The zero-order valence-corrected chi connectivity index (χ0v) is 17.6. The summed E-state index contributed by atoms with van der Waals surface area (Å²) >= 11 is 0. The number of allylic oxidation sites excluding steroid dienone is 4. The first-order chi connectivity index (χ1) is 10.2. The first kappa shape index (κ1) is 23.0. The van der Waals surface area contributed by atoms with Gasteiger partial charge in [0.15, 0.2) is 0 Å². The van der Waals surface area contributed by atoms with E-state index in [1.165, 1.54) is 21.9 Å². The molecule has 1 aromatic heterocycles. The van der Waals surface area contributed by atoms with Gasteiger partial charge >= 0.3 is 26.2 Å². The molecule has 0 bridgehead atoms. The van der Waals surface area contributed by atoms with Crippen LogP contribution in [0.15, 0.2) is 72.1 Å². The van der Waals surface area contributed by atoms with Crippen LogP contribution in [0.4, 0.5) is 0 Å². The van der Waals surface area contributed by atoms with Gasteiger partial charge in [0.05, 0.1) is 0 Å². The molecule has 0 atom stereocenters. The number of nitrogens with zero attached hydrogens (tertiary/aromatic N) is 2. The molecule has 0 saturated heterocycles. The first-order valence-corrected chi connectivity index (χ1v) is 7.14. The molecule has 4 rings (SSSR count). The maximum Gasteiger partial charge on any atom is 4.00 e. The van der Waals surface area contributed by atoms with Crippen LogP contribution < -0.4 is 24.8 Å². The van der Waals surface area contributed by atoms with Crippen molar-refractivity contribution in [3.8, 4) is 5.69 Å². The van der Waals surface area contributed by atoms with Crippen LogP contribution in [0.5, 0.6) is 0 Å². The van der Waals surface area contributed by atoms with E-state index in [1.54, 1.807) is 6.20 Å². The summed E-state index contributed by atoms with van der Waals surface area (Å²) in [6, 6.07) is 14.5. The van der Waals surface area contributed by atoms with Gasteiger partial charge < -0.3 is 24.8 Å². The Morgan fingerprint density at radius 2 is 1.88 bits per heavy atom. The van der Waals surface area contributed by atoms with E-state index in [2.05, 4.69) is 67.5 Å². The van der Waals surface area contributed by atoms with Crippen LogP contribution in [0, 0.1) is 6.08 Å². The van der Waals surface area contributed by atoms with Crippen molar-refractivity contribution in [1.29, 1.82) is 0 Å². The molecule has 0 amide bonds. The summed E-state index contributed by atoms with van der Waals surface area (Å²) in [5, 5.41) is 6.72. The average molecular weight is 436 g/mol. The molecule has 2 aromatic carbocycles. The van der Waals surface area contributed by atoms with Crippen LogP contribution >= 0.6 is 0 Å². The zero-order valence-electron chi connectivity index (χ0n) is 13.6. The molecule has 3 aromatic rings. The Hall–Kier alpha value is -1.02. The summed E-state index contributed by atoms with van der Waals surface area (Å²) in [6.45, 7) is 4.22. The molecule has 5 heteroatoms. The Bertz CT molecular complexity index is 753. The molecule has 0 saturated carbocycles. The fourth-order valence-corrected chi connectivity index (χ4v) is 2.34. The smallest absolute Gasteiger partial charge is 1.00 e. The molecule has 0 aliphatic heterocycles. The van der Waals surface area contributed by atoms with Crippen molar-refractivity contribution in [3.63, 3.8) is 0 Å². The van der Waals surface area contributed by atoms with E-state index in [1.807, 2.05) is 16.9 Å². The minimum Gasteiger partial charge on any atom is -1.00 e. The van der Waals surface area contributed by atoms with Crippen molar-refractivity contribution < 1.29 is 51.0 Å². The molecule has 1 heterocycles. The number of halogens is 2. The van der Waals surface area contributed by atoms with Crippen LogP contribution in [0.2, 0.25) is 0 Å². The predicted octanol–water partition coefficient (Wildman–Crippen LogP) is -1.16. The molecule has 0 fully saturated rings. The molecule has 0 radical (unpaired) electrons. The minimum atomic E-state index is 0. The fraction of sp³-hybridized carbons (Fsp3) is 0.158. The molecule has 122 valence electrons. The number of hydrogen-bond donors (Lipinski definition) is 0. The maximum atomic E-state index is 4.20. The standard InChI is InChI=1S/C12H9N2.C7H9.2ClH.Zr/c1-2-5-11-9-12(8-10(11)4-1)14-7-3-6-13-14;1-6-4-3-5-7(6)2;;;/h1-9H;4H,3H2,1-2H3;2*1H;/q2*-1;;;+4/p-2. The molecular weight excluding hydrogens is 418 g/mol. The number of rotatable bonds is 1. The molecule has 0 N–H and O–H groups in total. The third-order valence-electron chi connectivity index (χ3n) is 3.74. The Balaban J connectivity index is 0.000000463. The largest absolute Gasteiger partial charge is 4.00 e. The second kappa shape index (κ2) is 10.8. The van der Waals surface area contributed by atoms with Gasteiger partial charge in [0.1, 0.15) is 0 Å². The van der Waals surface area contributed by atoms with Gasteiger partial charge in [-0.2, -0.15) is 11.2 Å². The number of aromatic nitrogens is 2. The Morgan fingerprint density at radius 3 is 2.38 bits per heavy atom. The van der Waals surface area contributed by atoms with Crippen molar-refractivity contribution >= 4 is 10.8 Å². The SMILES string of the molecule is CC1=[C-]CC=C1C.[Cl-].[Cl-].[Zr+4].c1ccc2[cH-]c(-n3cccn3)cc2c1. The zero-order chi connectivity index (χ0) is 14.7. The number of hydrogen-bond acceptors (Lipinski definition) is 1. The van der Waals surface area contributed by atoms with Crippen LogP contribution in [-0.4, -0.2) is 9.78 Å². The maximum absolute atomic E-state index is 4.20. The molecule has 0 unspecified atom stereocenters. The van der Waals surface area contributed by atoms with E-state index in [-0.39, 0.29) is 51.0 Å². The Morgan fingerprint density at radius 1 is 1.12 bits per heavy atom. The summed E-state index contributed by atoms with van der Waals surface area (Å²) in [5.41, 5.74) is 3.83. The summed E-state index contributed by atoms with van der Waals surface area (Å²) in [6.07, 6.45) is 10.2. The first-order valence-electron chi connectivity index (χ1n) is 7.14.